The molecule has 1 N–H and O–H groups in total. The van der Waals surface area contributed by atoms with Gasteiger partial charge in [0.05, 0.1) is 11.2 Å². The Labute approximate surface area is 117 Å². The Kier molecular flexibility index (Phi) is 4.31. The van der Waals surface area contributed by atoms with Crippen LogP contribution in [0.3, 0.4) is 0 Å². The molecule has 0 unspecified atom stereocenters. The van der Waals surface area contributed by atoms with Crippen LogP contribution in [0.4, 0.5) is 11.8 Å². The van der Waals surface area contributed by atoms with Crippen molar-refractivity contribution in [2.45, 2.75) is 20.3 Å². The van der Waals surface area contributed by atoms with Crippen molar-refractivity contribution >= 4 is 23.1 Å². The molecule has 2 heterocycles. The molecule has 0 aliphatic rings. The number of nitrogens with zero attached hydrogens (tertiary/aromatic N) is 4. The van der Waals surface area contributed by atoms with Gasteiger partial charge in [0.15, 0.2) is 0 Å². The maximum atomic E-state index is 4.50. The highest BCUT2D eigenvalue weighted by molar-refractivity contribution is 7.09. The van der Waals surface area contributed by atoms with Gasteiger partial charge in [0.1, 0.15) is 5.82 Å². The van der Waals surface area contributed by atoms with Crippen LogP contribution in [0.5, 0.6) is 0 Å². The molecule has 0 radical (unpaired) electrons. The lowest BCUT2D eigenvalue weighted by atomic mass is 10.3. The first-order valence-corrected chi connectivity index (χ1v) is 7.09. The van der Waals surface area contributed by atoms with E-state index in [1.54, 1.807) is 11.3 Å². The summed E-state index contributed by atoms with van der Waals surface area (Å²) >= 11 is 1.70. The fourth-order valence-electron chi connectivity index (χ4n) is 1.82. The molecule has 0 aliphatic heterocycles. The standard InChI is InChI=1S/C13H19N5S/c1-9-7-15-13(17-12(9)18(3)4)14-6-5-11-10(2)16-8-19-11/h7-8H,5-6H2,1-4H3,(H,14,15,17). The molecular formula is C13H19N5S. The number of nitrogens with one attached hydrogen (secondary N) is 1. The van der Waals surface area contributed by atoms with Gasteiger partial charge in [0.2, 0.25) is 5.95 Å². The van der Waals surface area contributed by atoms with Gasteiger partial charge in [0.25, 0.3) is 0 Å². The van der Waals surface area contributed by atoms with E-state index in [-0.39, 0.29) is 0 Å². The van der Waals surface area contributed by atoms with Gasteiger partial charge in [-0.2, -0.15) is 4.98 Å². The number of aryl methyl sites for hydroxylation is 2. The van der Waals surface area contributed by atoms with Gasteiger partial charge in [-0.1, -0.05) is 0 Å². The van der Waals surface area contributed by atoms with Gasteiger partial charge in [-0.25, -0.2) is 9.97 Å². The number of rotatable bonds is 5. The van der Waals surface area contributed by atoms with Crippen molar-refractivity contribution in [1.82, 2.24) is 15.0 Å². The van der Waals surface area contributed by atoms with E-state index in [0.717, 1.165) is 30.0 Å². The van der Waals surface area contributed by atoms with Crippen LogP contribution < -0.4 is 10.2 Å². The van der Waals surface area contributed by atoms with Gasteiger partial charge in [0, 0.05) is 43.7 Å². The summed E-state index contributed by atoms with van der Waals surface area (Å²) in [5, 5.41) is 3.26. The smallest absolute Gasteiger partial charge is 0.224 e. The minimum Gasteiger partial charge on any atom is -0.362 e. The van der Waals surface area contributed by atoms with Crippen LogP contribution in [0.1, 0.15) is 16.1 Å². The molecule has 0 saturated carbocycles. The number of thiazole rings is 1. The predicted molar refractivity (Wildman–Crippen MR) is 80.1 cm³/mol. The minimum atomic E-state index is 0.677. The van der Waals surface area contributed by atoms with Crippen molar-refractivity contribution in [1.29, 1.82) is 0 Å². The van der Waals surface area contributed by atoms with E-state index in [2.05, 4.69) is 20.3 Å². The van der Waals surface area contributed by atoms with Gasteiger partial charge in [-0.05, 0) is 13.8 Å². The van der Waals surface area contributed by atoms with Crippen LogP contribution in [-0.2, 0) is 6.42 Å². The van der Waals surface area contributed by atoms with Crippen LogP contribution in [0, 0.1) is 13.8 Å². The summed E-state index contributed by atoms with van der Waals surface area (Å²) in [6, 6.07) is 0. The Morgan fingerprint density at radius 1 is 1.26 bits per heavy atom. The molecular weight excluding hydrogens is 258 g/mol. The number of hydrogen-bond acceptors (Lipinski definition) is 6. The van der Waals surface area contributed by atoms with Crippen LogP contribution in [0.25, 0.3) is 0 Å². The average molecular weight is 277 g/mol. The second-order valence-corrected chi connectivity index (χ2v) is 5.57. The van der Waals surface area contributed by atoms with Crippen molar-refractivity contribution in [3.05, 3.63) is 27.8 Å². The van der Waals surface area contributed by atoms with Gasteiger partial charge < -0.3 is 10.2 Å². The lowest BCUT2D eigenvalue weighted by Crippen LogP contribution is -2.15. The average Bonchev–Trinajstić information content (AvgIpc) is 2.77. The summed E-state index contributed by atoms with van der Waals surface area (Å²) in [6.07, 6.45) is 2.80. The van der Waals surface area contributed by atoms with Crippen LogP contribution >= 0.6 is 11.3 Å². The van der Waals surface area contributed by atoms with Crippen molar-refractivity contribution in [3.8, 4) is 0 Å². The largest absolute Gasteiger partial charge is 0.362 e. The molecule has 2 rings (SSSR count). The molecule has 2 aromatic rings. The van der Waals surface area contributed by atoms with E-state index >= 15 is 0 Å². The second kappa shape index (κ2) is 5.97. The third-order valence-corrected chi connectivity index (χ3v) is 3.84. The predicted octanol–water partition coefficient (Wildman–Crippen LogP) is 2.27. The molecule has 0 fully saturated rings. The zero-order valence-corrected chi connectivity index (χ0v) is 12.6. The highest BCUT2D eigenvalue weighted by Gasteiger charge is 2.06. The molecule has 0 amide bonds. The monoisotopic (exact) mass is 277 g/mol. The summed E-state index contributed by atoms with van der Waals surface area (Å²) in [7, 11) is 3.97. The van der Waals surface area contributed by atoms with Crippen LogP contribution in [0.2, 0.25) is 0 Å². The summed E-state index contributed by atoms with van der Waals surface area (Å²) in [6.45, 7) is 4.87. The SMILES string of the molecule is Cc1cnc(NCCc2scnc2C)nc1N(C)C. The summed E-state index contributed by atoms with van der Waals surface area (Å²) < 4.78 is 0. The first kappa shape index (κ1) is 13.7. The van der Waals surface area contributed by atoms with Gasteiger partial charge >= 0.3 is 0 Å². The van der Waals surface area contributed by atoms with E-state index in [1.807, 2.05) is 44.6 Å². The molecule has 0 atom stereocenters. The Hall–Kier alpha value is -1.69. The molecule has 0 aromatic carbocycles. The molecule has 0 spiro atoms. The summed E-state index contributed by atoms with van der Waals surface area (Å²) in [5.41, 5.74) is 4.08. The molecule has 0 aliphatic carbocycles. The lowest BCUT2D eigenvalue weighted by molar-refractivity contribution is 0.962. The van der Waals surface area contributed by atoms with Crippen molar-refractivity contribution in [2.24, 2.45) is 0 Å². The Morgan fingerprint density at radius 2 is 2.05 bits per heavy atom. The third kappa shape index (κ3) is 3.41. The number of hydrogen-bond donors (Lipinski definition) is 1. The normalized spacial score (nSPS) is 10.5. The van der Waals surface area contributed by atoms with Crippen molar-refractivity contribution in [2.75, 3.05) is 30.9 Å². The van der Waals surface area contributed by atoms with Crippen molar-refractivity contribution < 1.29 is 0 Å². The highest BCUT2D eigenvalue weighted by Crippen LogP contribution is 2.16. The van der Waals surface area contributed by atoms with Crippen molar-refractivity contribution in [3.63, 3.8) is 0 Å². The molecule has 6 heteroatoms. The topological polar surface area (TPSA) is 53.9 Å². The minimum absolute atomic E-state index is 0.677. The van der Waals surface area contributed by atoms with Gasteiger partial charge in [-0.15, -0.1) is 11.3 Å². The van der Waals surface area contributed by atoms with E-state index in [1.165, 1.54) is 4.88 Å². The first-order valence-electron chi connectivity index (χ1n) is 6.21. The molecule has 19 heavy (non-hydrogen) atoms. The van der Waals surface area contributed by atoms with Crippen LogP contribution in [0.15, 0.2) is 11.7 Å². The van der Waals surface area contributed by atoms with E-state index in [0.29, 0.717) is 5.95 Å². The summed E-state index contributed by atoms with van der Waals surface area (Å²) in [5.74, 6) is 1.63. The Morgan fingerprint density at radius 3 is 2.68 bits per heavy atom. The Balaban J connectivity index is 1.96. The number of anilines is 2. The molecule has 5 nitrogen and oxygen atoms in total. The van der Waals surface area contributed by atoms with Gasteiger partial charge in [-0.3, -0.25) is 0 Å². The number of aromatic nitrogens is 3. The van der Waals surface area contributed by atoms with E-state index in [9.17, 15) is 0 Å². The zero-order chi connectivity index (χ0) is 13.8. The quantitative estimate of drug-likeness (QED) is 0.908. The zero-order valence-electron chi connectivity index (χ0n) is 11.8. The van der Waals surface area contributed by atoms with E-state index < -0.39 is 0 Å². The fraction of sp³-hybridized carbons (Fsp3) is 0.462. The van der Waals surface area contributed by atoms with Crippen LogP contribution in [-0.4, -0.2) is 35.6 Å². The first-order chi connectivity index (χ1) is 9.08. The highest BCUT2D eigenvalue weighted by atomic mass is 32.1. The second-order valence-electron chi connectivity index (χ2n) is 4.63. The van der Waals surface area contributed by atoms with E-state index in [4.69, 9.17) is 0 Å². The maximum Gasteiger partial charge on any atom is 0.224 e. The maximum absolute atomic E-state index is 4.50. The summed E-state index contributed by atoms with van der Waals surface area (Å²) in [4.78, 5) is 16.4. The third-order valence-electron chi connectivity index (χ3n) is 2.85. The Bertz CT molecular complexity index is 550. The molecule has 2 aromatic heterocycles. The fourth-order valence-corrected chi connectivity index (χ4v) is 2.61. The lowest BCUT2D eigenvalue weighted by Gasteiger charge is -2.15. The molecule has 102 valence electrons. The molecule has 0 bridgehead atoms. The molecule has 0 saturated heterocycles.